The molecule has 0 aliphatic carbocycles. The van der Waals surface area contributed by atoms with Crippen LogP contribution in [0.4, 0.5) is 4.79 Å². The molecule has 0 radical (unpaired) electrons. The third-order valence-electron chi connectivity index (χ3n) is 1.57. The largest absolute Gasteiger partial charge is 0.509 e. The van der Waals surface area contributed by atoms with Crippen LogP contribution in [0.25, 0.3) is 0 Å². The van der Waals surface area contributed by atoms with Crippen molar-refractivity contribution in [1.82, 2.24) is 0 Å². The van der Waals surface area contributed by atoms with Crippen LogP contribution in [-0.4, -0.2) is 29.7 Å². The number of hydrogen-bond acceptors (Lipinski definition) is 5. The van der Waals surface area contributed by atoms with Gasteiger partial charge in [-0.3, -0.25) is 4.79 Å². The van der Waals surface area contributed by atoms with Crippen LogP contribution < -0.4 is 0 Å². The molecule has 1 heterocycles. The third kappa shape index (κ3) is 3.26. The Bertz CT molecular complexity index is 204. The Labute approximate surface area is 81.0 Å². The SMILES string of the molecule is CCOC(=O)OC1SCCCC1=O. The van der Waals surface area contributed by atoms with Crippen molar-refractivity contribution in [2.24, 2.45) is 0 Å². The van der Waals surface area contributed by atoms with E-state index >= 15 is 0 Å². The van der Waals surface area contributed by atoms with Gasteiger partial charge in [0.1, 0.15) is 0 Å². The molecule has 13 heavy (non-hydrogen) atoms. The van der Waals surface area contributed by atoms with Crippen LogP contribution in [0.15, 0.2) is 0 Å². The molecule has 5 heteroatoms. The fourth-order valence-electron chi connectivity index (χ4n) is 0.987. The van der Waals surface area contributed by atoms with Crippen molar-refractivity contribution in [3.63, 3.8) is 0 Å². The number of ether oxygens (including phenoxy) is 2. The number of ketones is 1. The zero-order valence-corrected chi connectivity index (χ0v) is 8.26. The van der Waals surface area contributed by atoms with Crippen molar-refractivity contribution in [2.45, 2.75) is 25.2 Å². The second-order valence-corrected chi connectivity index (χ2v) is 3.74. The lowest BCUT2D eigenvalue weighted by atomic mass is 10.2. The number of carbonyl (C=O) groups excluding carboxylic acids is 2. The Hall–Kier alpha value is -0.710. The predicted octanol–water partition coefficient (Wildman–Crippen LogP) is 1.58. The molecule has 1 atom stereocenters. The normalized spacial score (nSPS) is 22.5. The van der Waals surface area contributed by atoms with Crippen LogP contribution >= 0.6 is 11.8 Å². The average Bonchev–Trinajstić information content (AvgIpc) is 2.09. The van der Waals surface area contributed by atoms with E-state index in [2.05, 4.69) is 4.74 Å². The van der Waals surface area contributed by atoms with Crippen LogP contribution in [-0.2, 0) is 14.3 Å². The summed E-state index contributed by atoms with van der Waals surface area (Å²) in [5.74, 6) is 0.833. The summed E-state index contributed by atoms with van der Waals surface area (Å²) in [5.41, 5.74) is -0.646. The Morgan fingerprint density at radius 1 is 1.69 bits per heavy atom. The number of Topliss-reactive ketones (excluding diaryl/α,β-unsaturated/α-hetero) is 1. The standard InChI is InChI=1S/C8H12O4S/c1-2-11-8(10)12-7-6(9)4-3-5-13-7/h7H,2-5H2,1H3. The summed E-state index contributed by atoms with van der Waals surface area (Å²) >= 11 is 1.35. The van der Waals surface area contributed by atoms with Crippen molar-refractivity contribution in [1.29, 1.82) is 0 Å². The molecule has 0 aromatic rings. The minimum absolute atomic E-state index is 0.0238. The van der Waals surface area contributed by atoms with Gasteiger partial charge < -0.3 is 9.47 Å². The number of hydrogen-bond donors (Lipinski definition) is 0. The highest BCUT2D eigenvalue weighted by atomic mass is 32.2. The monoisotopic (exact) mass is 204 g/mol. The number of rotatable bonds is 2. The lowest BCUT2D eigenvalue weighted by Crippen LogP contribution is -2.28. The van der Waals surface area contributed by atoms with Gasteiger partial charge in [-0.15, -0.1) is 11.8 Å². The van der Waals surface area contributed by atoms with Crippen molar-refractivity contribution < 1.29 is 19.1 Å². The van der Waals surface area contributed by atoms with Crippen molar-refractivity contribution in [2.75, 3.05) is 12.4 Å². The lowest BCUT2D eigenvalue weighted by molar-refractivity contribution is -0.124. The number of thioether (sulfide) groups is 1. The lowest BCUT2D eigenvalue weighted by Gasteiger charge is -2.19. The molecule has 0 saturated carbocycles. The van der Waals surface area contributed by atoms with E-state index in [0.717, 1.165) is 12.2 Å². The van der Waals surface area contributed by atoms with E-state index < -0.39 is 11.6 Å². The molecule has 0 N–H and O–H groups in total. The van der Waals surface area contributed by atoms with Crippen LogP contribution in [0.3, 0.4) is 0 Å². The smallest absolute Gasteiger partial charge is 0.435 e. The maximum Gasteiger partial charge on any atom is 0.509 e. The average molecular weight is 204 g/mol. The van der Waals surface area contributed by atoms with E-state index in [4.69, 9.17) is 4.74 Å². The molecule has 1 unspecified atom stereocenters. The van der Waals surface area contributed by atoms with Crippen molar-refractivity contribution >= 4 is 23.7 Å². The van der Waals surface area contributed by atoms with Crippen LogP contribution in [0, 0.1) is 0 Å². The van der Waals surface area contributed by atoms with Gasteiger partial charge in [-0.05, 0) is 19.1 Å². The summed E-state index contributed by atoms with van der Waals surface area (Å²) in [7, 11) is 0. The van der Waals surface area contributed by atoms with Gasteiger partial charge in [0.15, 0.2) is 5.78 Å². The van der Waals surface area contributed by atoms with Gasteiger partial charge in [0.2, 0.25) is 5.44 Å². The Balaban J connectivity index is 2.33. The molecule has 1 rings (SSSR count). The van der Waals surface area contributed by atoms with Gasteiger partial charge in [0.25, 0.3) is 0 Å². The first kappa shape index (κ1) is 10.4. The number of carbonyl (C=O) groups is 2. The van der Waals surface area contributed by atoms with E-state index in [-0.39, 0.29) is 12.4 Å². The quantitative estimate of drug-likeness (QED) is 0.639. The summed E-state index contributed by atoms with van der Waals surface area (Å²) in [5, 5.41) is 0. The predicted molar refractivity (Wildman–Crippen MR) is 48.6 cm³/mol. The highest BCUT2D eigenvalue weighted by Gasteiger charge is 2.26. The second-order valence-electron chi connectivity index (χ2n) is 2.57. The van der Waals surface area contributed by atoms with E-state index in [1.807, 2.05) is 0 Å². The first-order valence-electron chi connectivity index (χ1n) is 4.21. The molecule has 1 aliphatic heterocycles. The molecule has 0 spiro atoms. The molecule has 1 aliphatic rings. The van der Waals surface area contributed by atoms with E-state index in [0.29, 0.717) is 6.42 Å². The molecular formula is C8H12O4S. The third-order valence-corrected chi connectivity index (χ3v) is 2.75. The van der Waals surface area contributed by atoms with E-state index in [1.165, 1.54) is 11.8 Å². The first-order valence-corrected chi connectivity index (χ1v) is 5.26. The zero-order chi connectivity index (χ0) is 9.68. The molecule has 0 aromatic carbocycles. The van der Waals surface area contributed by atoms with Gasteiger partial charge >= 0.3 is 6.16 Å². The summed E-state index contributed by atoms with van der Waals surface area (Å²) in [6, 6.07) is 0. The van der Waals surface area contributed by atoms with E-state index in [9.17, 15) is 9.59 Å². The minimum atomic E-state index is -0.754. The van der Waals surface area contributed by atoms with Crippen LogP contribution in [0.5, 0.6) is 0 Å². The van der Waals surface area contributed by atoms with Crippen LogP contribution in [0.2, 0.25) is 0 Å². The van der Waals surface area contributed by atoms with Gasteiger partial charge in [-0.25, -0.2) is 4.79 Å². The maximum absolute atomic E-state index is 11.2. The first-order chi connectivity index (χ1) is 6.24. The van der Waals surface area contributed by atoms with Gasteiger partial charge in [-0.1, -0.05) is 0 Å². The fourth-order valence-corrected chi connectivity index (χ4v) is 1.96. The molecule has 1 saturated heterocycles. The highest BCUT2D eigenvalue weighted by molar-refractivity contribution is 8.00. The molecule has 4 nitrogen and oxygen atoms in total. The summed E-state index contributed by atoms with van der Waals surface area (Å²) in [4.78, 5) is 22.0. The van der Waals surface area contributed by atoms with Gasteiger partial charge in [-0.2, -0.15) is 0 Å². The topological polar surface area (TPSA) is 52.6 Å². The maximum atomic E-state index is 11.2. The molecule has 0 bridgehead atoms. The molecule has 1 fully saturated rings. The molecular weight excluding hydrogens is 192 g/mol. The highest BCUT2D eigenvalue weighted by Crippen LogP contribution is 2.23. The Kier molecular flexibility index (Phi) is 4.08. The summed E-state index contributed by atoms with van der Waals surface area (Å²) < 4.78 is 9.36. The van der Waals surface area contributed by atoms with Crippen molar-refractivity contribution in [3.8, 4) is 0 Å². The van der Waals surface area contributed by atoms with E-state index in [1.54, 1.807) is 6.92 Å². The summed E-state index contributed by atoms with van der Waals surface area (Å²) in [6.07, 6.45) is 0.610. The van der Waals surface area contributed by atoms with Gasteiger partial charge in [0.05, 0.1) is 6.61 Å². The Morgan fingerprint density at radius 2 is 2.46 bits per heavy atom. The molecule has 0 amide bonds. The minimum Gasteiger partial charge on any atom is -0.435 e. The summed E-state index contributed by atoms with van der Waals surface area (Å²) in [6.45, 7) is 1.96. The fraction of sp³-hybridized carbons (Fsp3) is 0.750. The van der Waals surface area contributed by atoms with Crippen LogP contribution in [0.1, 0.15) is 19.8 Å². The second kappa shape index (κ2) is 5.11. The zero-order valence-electron chi connectivity index (χ0n) is 7.45. The van der Waals surface area contributed by atoms with Gasteiger partial charge in [0, 0.05) is 6.42 Å². The Morgan fingerprint density at radius 3 is 3.08 bits per heavy atom. The molecule has 0 aromatic heterocycles. The van der Waals surface area contributed by atoms with Crippen molar-refractivity contribution in [3.05, 3.63) is 0 Å². The molecule has 74 valence electrons.